The lowest BCUT2D eigenvalue weighted by atomic mass is 9.77. The Labute approximate surface area is 108 Å². The number of rotatable bonds is 5. The van der Waals surface area contributed by atoms with Crippen LogP contribution in [0.2, 0.25) is 0 Å². The molecule has 2 fully saturated rings. The summed E-state index contributed by atoms with van der Waals surface area (Å²) in [6.45, 7) is 4.90. The number of carbonyl (C=O) groups excluding carboxylic acids is 1. The molecule has 0 radical (unpaired) electrons. The third-order valence-electron chi connectivity index (χ3n) is 4.44. The smallest absolute Gasteiger partial charge is 0.227 e. The van der Waals surface area contributed by atoms with E-state index in [1.165, 1.54) is 12.8 Å². The summed E-state index contributed by atoms with van der Waals surface area (Å²) in [5, 5.41) is 6.57. The van der Waals surface area contributed by atoms with Crippen molar-refractivity contribution in [3.05, 3.63) is 0 Å². The molecular weight excluding hydrogens is 232 g/mol. The van der Waals surface area contributed by atoms with Crippen LogP contribution in [0.25, 0.3) is 0 Å². The molecule has 2 aliphatic rings. The Morgan fingerprint density at radius 1 is 1.41 bits per heavy atom. The molecule has 4 heteroatoms. The molecule has 98 valence electrons. The number of nitrogens with one attached hydrogen (secondary N) is 2. The minimum absolute atomic E-state index is 0.146. The summed E-state index contributed by atoms with van der Waals surface area (Å²) in [7, 11) is 0. The maximum Gasteiger partial charge on any atom is 0.227 e. The quantitative estimate of drug-likeness (QED) is 0.788. The van der Waals surface area contributed by atoms with Crippen LogP contribution in [0.4, 0.5) is 0 Å². The second-order valence-electron chi connectivity index (χ2n) is 5.48. The van der Waals surface area contributed by atoms with E-state index in [0.717, 1.165) is 38.9 Å². The summed E-state index contributed by atoms with van der Waals surface area (Å²) in [5.41, 5.74) is -0.146. The predicted molar refractivity (Wildman–Crippen MR) is 73.3 cm³/mol. The summed E-state index contributed by atoms with van der Waals surface area (Å²) in [6.07, 6.45) is 7.76. The number of piperidine rings is 1. The van der Waals surface area contributed by atoms with Crippen LogP contribution >= 0.6 is 11.8 Å². The van der Waals surface area contributed by atoms with Gasteiger partial charge in [-0.3, -0.25) is 4.79 Å². The Bertz CT molecular complexity index is 283. The van der Waals surface area contributed by atoms with Gasteiger partial charge in [-0.15, -0.1) is 0 Å². The number of thioether (sulfide) groups is 1. The van der Waals surface area contributed by atoms with Gasteiger partial charge in [-0.1, -0.05) is 6.92 Å². The van der Waals surface area contributed by atoms with Gasteiger partial charge in [0.15, 0.2) is 0 Å². The molecule has 1 unspecified atom stereocenters. The summed E-state index contributed by atoms with van der Waals surface area (Å²) in [6, 6.07) is 0. The van der Waals surface area contributed by atoms with Crippen molar-refractivity contribution < 1.29 is 4.79 Å². The highest BCUT2D eigenvalue weighted by Gasteiger charge is 2.44. The summed E-state index contributed by atoms with van der Waals surface area (Å²) < 4.78 is 0.368. The van der Waals surface area contributed by atoms with Gasteiger partial charge < -0.3 is 10.6 Å². The first-order chi connectivity index (χ1) is 8.16. The monoisotopic (exact) mass is 256 g/mol. The molecule has 0 aromatic rings. The van der Waals surface area contributed by atoms with E-state index in [2.05, 4.69) is 23.8 Å². The van der Waals surface area contributed by atoms with Crippen LogP contribution in [0.3, 0.4) is 0 Å². The van der Waals surface area contributed by atoms with E-state index in [0.29, 0.717) is 4.75 Å². The van der Waals surface area contributed by atoms with Crippen LogP contribution in [0.5, 0.6) is 0 Å². The van der Waals surface area contributed by atoms with E-state index in [4.69, 9.17) is 0 Å². The van der Waals surface area contributed by atoms with Gasteiger partial charge >= 0.3 is 0 Å². The van der Waals surface area contributed by atoms with E-state index < -0.39 is 0 Å². The molecule has 2 rings (SSSR count). The Morgan fingerprint density at radius 3 is 2.65 bits per heavy atom. The average molecular weight is 256 g/mol. The van der Waals surface area contributed by atoms with Crippen molar-refractivity contribution in [2.45, 2.75) is 43.8 Å². The SMILES string of the molecule is CCC1(C(=O)NCC2(SC)CC2)CCCNC1. The van der Waals surface area contributed by atoms with Gasteiger partial charge in [0.25, 0.3) is 0 Å². The third kappa shape index (κ3) is 2.79. The minimum atomic E-state index is -0.146. The predicted octanol–water partition coefficient (Wildman–Crippen LogP) is 1.78. The summed E-state index contributed by atoms with van der Waals surface area (Å²) >= 11 is 1.90. The van der Waals surface area contributed by atoms with Gasteiger partial charge in [0, 0.05) is 17.8 Å². The Kier molecular flexibility index (Phi) is 4.03. The van der Waals surface area contributed by atoms with Crippen molar-refractivity contribution in [3.8, 4) is 0 Å². The Hall–Kier alpha value is -0.220. The van der Waals surface area contributed by atoms with Crippen molar-refractivity contribution in [2.24, 2.45) is 5.41 Å². The van der Waals surface area contributed by atoms with Crippen molar-refractivity contribution in [1.82, 2.24) is 10.6 Å². The zero-order chi connectivity index (χ0) is 12.4. The van der Waals surface area contributed by atoms with Crippen LogP contribution in [0, 0.1) is 5.41 Å². The van der Waals surface area contributed by atoms with Gasteiger partial charge in [0.1, 0.15) is 0 Å². The van der Waals surface area contributed by atoms with E-state index in [-0.39, 0.29) is 11.3 Å². The molecule has 0 bridgehead atoms. The summed E-state index contributed by atoms with van der Waals surface area (Å²) in [5.74, 6) is 0.271. The average Bonchev–Trinajstić information content (AvgIpc) is 3.17. The largest absolute Gasteiger partial charge is 0.354 e. The Morgan fingerprint density at radius 2 is 2.18 bits per heavy atom. The molecule has 1 aliphatic carbocycles. The number of carbonyl (C=O) groups is 1. The maximum absolute atomic E-state index is 12.4. The fraction of sp³-hybridized carbons (Fsp3) is 0.923. The van der Waals surface area contributed by atoms with Crippen LogP contribution < -0.4 is 10.6 Å². The molecule has 0 spiro atoms. The number of hydrogen-bond donors (Lipinski definition) is 2. The van der Waals surface area contributed by atoms with E-state index >= 15 is 0 Å². The van der Waals surface area contributed by atoms with Crippen LogP contribution in [-0.2, 0) is 4.79 Å². The van der Waals surface area contributed by atoms with Gasteiger partial charge in [0.2, 0.25) is 5.91 Å². The van der Waals surface area contributed by atoms with Crippen LogP contribution in [-0.4, -0.2) is 36.5 Å². The van der Waals surface area contributed by atoms with Crippen molar-refractivity contribution in [2.75, 3.05) is 25.9 Å². The van der Waals surface area contributed by atoms with E-state index in [1.54, 1.807) is 0 Å². The fourth-order valence-corrected chi connectivity index (χ4v) is 3.37. The lowest BCUT2D eigenvalue weighted by molar-refractivity contribution is -0.132. The Balaban J connectivity index is 1.88. The minimum Gasteiger partial charge on any atom is -0.354 e. The first-order valence-corrected chi connectivity index (χ1v) is 7.93. The molecule has 0 aromatic heterocycles. The zero-order valence-corrected chi connectivity index (χ0v) is 11.8. The van der Waals surface area contributed by atoms with Crippen LogP contribution in [0.15, 0.2) is 0 Å². The molecular formula is C13H24N2OS. The van der Waals surface area contributed by atoms with Crippen molar-refractivity contribution in [3.63, 3.8) is 0 Å². The molecule has 3 nitrogen and oxygen atoms in total. The van der Waals surface area contributed by atoms with Gasteiger partial charge in [0.05, 0.1) is 5.41 Å². The molecule has 1 saturated heterocycles. The standard InChI is InChI=1S/C13H24N2OS/c1-3-12(5-4-8-14-9-12)11(16)15-10-13(17-2)6-7-13/h14H,3-10H2,1-2H3,(H,15,16). The zero-order valence-electron chi connectivity index (χ0n) is 11.0. The van der Waals surface area contributed by atoms with Gasteiger partial charge in [-0.25, -0.2) is 0 Å². The highest BCUT2D eigenvalue weighted by atomic mass is 32.2. The van der Waals surface area contributed by atoms with Gasteiger partial charge in [-0.2, -0.15) is 11.8 Å². The van der Waals surface area contributed by atoms with E-state index in [9.17, 15) is 4.79 Å². The molecule has 1 heterocycles. The number of amides is 1. The molecule has 1 atom stereocenters. The molecule has 1 amide bonds. The van der Waals surface area contributed by atoms with Crippen molar-refractivity contribution in [1.29, 1.82) is 0 Å². The van der Waals surface area contributed by atoms with Crippen LogP contribution in [0.1, 0.15) is 39.0 Å². The fourth-order valence-electron chi connectivity index (χ4n) is 2.65. The highest BCUT2D eigenvalue weighted by molar-refractivity contribution is 8.00. The topological polar surface area (TPSA) is 41.1 Å². The molecule has 17 heavy (non-hydrogen) atoms. The molecule has 1 aliphatic heterocycles. The highest BCUT2D eigenvalue weighted by Crippen LogP contribution is 2.46. The number of hydrogen-bond acceptors (Lipinski definition) is 3. The normalized spacial score (nSPS) is 30.9. The summed E-state index contributed by atoms with van der Waals surface area (Å²) in [4.78, 5) is 12.4. The first-order valence-electron chi connectivity index (χ1n) is 6.71. The second kappa shape index (κ2) is 5.19. The first kappa shape index (κ1) is 13.2. The molecule has 0 aromatic carbocycles. The van der Waals surface area contributed by atoms with E-state index in [1.807, 2.05) is 11.8 Å². The molecule has 1 saturated carbocycles. The van der Waals surface area contributed by atoms with Gasteiger partial charge in [-0.05, 0) is 44.9 Å². The maximum atomic E-state index is 12.4. The lowest BCUT2D eigenvalue weighted by Gasteiger charge is -2.35. The lowest BCUT2D eigenvalue weighted by Crippen LogP contribution is -2.51. The van der Waals surface area contributed by atoms with Crippen molar-refractivity contribution >= 4 is 17.7 Å². The molecule has 2 N–H and O–H groups in total. The third-order valence-corrected chi connectivity index (χ3v) is 5.86. The second-order valence-corrected chi connectivity index (χ2v) is 6.76.